The normalized spacial score (nSPS) is 10.3. The van der Waals surface area contributed by atoms with E-state index in [1.54, 1.807) is 0 Å². The molecule has 0 aliphatic carbocycles. The third-order valence-corrected chi connectivity index (χ3v) is 2.65. The first-order chi connectivity index (χ1) is 9.49. The molecule has 5 nitrogen and oxygen atoms in total. The Morgan fingerprint density at radius 3 is 2.65 bits per heavy atom. The van der Waals surface area contributed by atoms with Crippen LogP contribution >= 0.6 is 0 Å². The van der Waals surface area contributed by atoms with Crippen LogP contribution in [0.2, 0.25) is 0 Å². The van der Waals surface area contributed by atoms with Gasteiger partial charge in [-0.05, 0) is 12.1 Å². The van der Waals surface area contributed by atoms with Gasteiger partial charge in [-0.15, -0.1) is 0 Å². The number of benzene rings is 2. The van der Waals surface area contributed by atoms with Crippen molar-refractivity contribution in [3.8, 4) is 5.75 Å². The number of halogens is 2. The SMILES string of the molecule is Nc1c(COc2ccc(F)cc2F)cccc1[N+](=O)[O-]. The van der Waals surface area contributed by atoms with E-state index >= 15 is 0 Å². The van der Waals surface area contributed by atoms with Crippen LogP contribution in [0.4, 0.5) is 20.2 Å². The van der Waals surface area contributed by atoms with Crippen molar-refractivity contribution in [1.29, 1.82) is 0 Å². The van der Waals surface area contributed by atoms with Crippen molar-refractivity contribution in [3.63, 3.8) is 0 Å². The molecule has 0 atom stereocenters. The maximum atomic E-state index is 13.4. The van der Waals surface area contributed by atoms with E-state index in [9.17, 15) is 18.9 Å². The molecule has 0 amide bonds. The molecule has 0 aliphatic rings. The van der Waals surface area contributed by atoms with Crippen LogP contribution in [0, 0.1) is 21.7 Å². The Balaban J connectivity index is 2.19. The monoisotopic (exact) mass is 280 g/mol. The number of nitrogen functional groups attached to an aromatic ring is 1. The largest absolute Gasteiger partial charge is 0.486 e. The van der Waals surface area contributed by atoms with Crippen molar-refractivity contribution in [3.05, 3.63) is 63.7 Å². The topological polar surface area (TPSA) is 78.4 Å². The average Bonchev–Trinajstić information content (AvgIpc) is 2.39. The first-order valence-corrected chi connectivity index (χ1v) is 5.58. The van der Waals surface area contributed by atoms with E-state index < -0.39 is 16.6 Å². The number of para-hydroxylation sites is 1. The molecule has 0 heterocycles. The standard InChI is InChI=1S/C13H10F2N2O3/c14-9-4-5-12(10(15)6-9)20-7-8-2-1-3-11(13(8)16)17(18)19/h1-6H,7,16H2. The van der Waals surface area contributed by atoms with Gasteiger partial charge in [0.05, 0.1) is 4.92 Å². The zero-order valence-corrected chi connectivity index (χ0v) is 10.2. The number of rotatable bonds is 4. The van der Waals surface area contributed by atoms with Gasteiger partial charge in [-0.1, -0.05) is 12.1 Å². The molecule has 0 bridgehead atoms. The van der Waals surface area contributed by atoms with Gasteiger partial charge in [0, 0.05) is 17.7 Å². The molecule has 2 aromatic carbocycles. The summed E-state index contributed by atoms with van der Waals surface area (Å²) in [4.78, 5) is 10.1. The summed E-state index contributed by atoms with van der Waals surface area (Å²) in [6.07, 6.45) is 0. The van der Waals surface area contributed by atoms with E-state index in [0.29, 0.717) is 11.6 Å². The van der Waals surface area contributed by atoms with Gasteiger partial charge in [-0.2, -0.15) is 0 Å². The highest BCUT2D eigenvalue weighted by atomic mass is 19.1. The van der Waals surface area contributed by atoms with Crippen LogP contribution in [0.5, 0.6) is 5.75 Å². The first kappa shape index (κ1) is 13.7. The van der Waals surface area contributed by atoms with Gasteiger partial charge in [0.25, 0.3) is 5.69 Å². The smallest absolute Gasteiger partial charge is 0.292 e. The van der Waals surface area contributed by atoms with Crippen molar-refractivity contribution in [1.82, 2.24) is 0 Å². The highest BCUT2D eigenvalue weighted by molar-refractivity contribution is 5.62. The Kier molecular flexibility index (Phi) is 3.79. The number of ether oxygens (including phenoxy) is 1. The Morgan fingerprint density at radius 1 is 1.25 bits per heavy atom. The molecule has 0 aromatic heterocycles. The lowest BCUT2D eigenvalue weighted by Gasteiger charge is -2.09. The minimum atomic E-state index is -0.853. The van der Waals surface area contributed by atoms with Crippen molar-refractivity contribution < 1.29 is 18.4 Å². The molecule has 2 rings (SSSR count). The Morgan fingerprint density at radius 2 is 2.00 bits per heavy atom. The zero-order valence-electron chi connectivity index (χ0n) is 10.2. The molecule has 0 fully saturated rings. The zero-order chi connectivity index (χ0) is 14.7. The molecule has 104 valence electrons. The van der Waals surface area contributed by atoms with Crippen molar-refractivity contribution in [2.75, 3.05) is 5.73 Å². The Bertz CT molecular complexity index is 662. The van der Waals surface area contributed by atoms with Crippen molar-refractivity contribution in [2.24, 2.45) is 0 Å². The lowest BCUT2D eigenvalue weighted by molar-refractivity contribution is -0.384. The molecule has 0 spiro atoms. The van der Waals surface area contributed by atoms with Crippen LogP contribution in [-0.4, -0.2) is 4.92 Å². The van der Waals surface area contributed by atoms with E-state index in [-0.39, 0.29) is 23.7 Å². The lowest BCUT2D eigenvalue weighted by atomic mass is 10.1. The van der Waals surface area contributed by atoms with Gasteiger partial charge < -0.3 is 10.5 Å². The summed E-state index contributed by atoms with van der Waals surface area (Å²) in [6, 6.07) is 7.12. The highest BCUT2D eigenvalue weighted by Gasteiger charge is 2.15. The Hall–Kier alpha value is -2.70. The van der Waals surface area contributed by atoms with Crippen LogP contribution in [0.1, 0.15) is 5.56 Å². The van der Waals surface area contributed by atoms with E-state index in [0.717, 1.165) is 12.1 Å². The molecular weight excluding hydrogens is 270 g/mol. The highest BCUT2D eigenvalue weighted by Crippen LogP contribution is 2.26. The third kappa shape index (κ3) is 2.82. The summed E-state index contributed by atoms with van der Waals surface area (Å²) in [7, 11) is 0. The summed E-state index contributed by atoms with van der Waals surface area (Å²) in [5.41, 5.74) is 5.70. The second-order valence-electron chi connectivity index (χ2n) is 3.97. The summed E-state index contributed by atoms with van der Waals surface area (Å²) in [6.45, 7) is -0.157. The number of hydrogen-bond donors (Lipinski definition) is 1. The predicted molar refractivity (Wildman–Crippen MR) is 68.2 cm³/mol. The summed E-state index contributed by atoms with van der Waals surface area (Å²) in [5.74, 6) is -1.73. The molecule has 2 aromatic rings. The van der Waals surface area contributed by atoms with Crippen LogP contribution in [0.25, 0.3) is 0 Å². The van der Waals surface area contributed by atoms with E-state index in [1.165, 1.54) is 18.2 Å². The molecule has 7 heteroatoms. The molecule has 0 saturated carbocycles. The fourth-order valence-corrected chi connectivity index (χ4v) is 1.63. The number of nitro benzene ring substituents is 1. The quantitative estimate of drug-likeness (QED) is 0.530. The minimum absolute atomic E-state index is 0.0416. The lowest BCUT2D eigenvalue weighted by Crippen LogP contribution is -2.04. The number of anilines is 1. The maximum absolute atomic E-state index is 13.4. The van der Waals surface area contributed by atoms with Crippen LogP contribution in [0.15, 0.2) is 36.4 Å². The second-order valence-corrected chi connectivity index (χ2v) is 3.97. The van der Waals surface area contributed by atoms with Crippen molar-refractivity contribution >= 4 is 11.4 Å². The Labute approximate surface area is 112 Å². The van der Waals surface area contributed by atoms with Crippen LogP contribution in [-0.2, 0) is 6.61 Å². The fraction of sp³-hybridized carbons (Fsp3) is 0.0769. The first-order valence-electron chi connectivity index (χ1n) is 5.58. The average molecular weight is 280 g/mol. The van der Waals surface area contributed by atoms with Gasteiger partial charge in [-0.3, -0.25) is 10.1 Å². The molecule has 20 heavy (non-hydrogen) atoms. The van der Waals surface area contributed by atoms with E-state index in [4.69, 9.17) is 10.5 Å². The van der Waals surface area contributed by atoms with E-state index in [2.05, 4.69) is 0 Å². The summed E-state index contributed by atoms with van der Waals surface area (Å²) >= 11 is 0. The summed E-state index contributed by atoms with van der Waals surface area (Å²) < 4.78 is 31.2. The number of nitro groups is 1. The number of nitrogens with zero attached hydrogens (tertiary/aromatic N) is 1. The molecule has 2 N–H and O–H groups in total. The molecule has 0 radical (unpaired) electrons. The minimum Gasteiger partial charge on any atom is -0.486 e. The molecule has 0 aliphatic heterocycles. The van der Waals surface area contributed by atoms with Gasteiger partial charge in [-0.25, -0.2) is 8.78 Å². The van der Waals surface area contributed by atoms with E-state index in [1.807, 2.05) is 0 Å². The maximum Gasteiger partial charge on any atom is 0.292 e. The van der Waals surface area contributed by atoms with Gasteiger partial charge in [0.15, 0.2) is 11.6 Å². The second kappa shape index (κ2) is 5.52. The number of nitrogens with two attached hydrogens (primary N) is 1. The molecule has 0 unspecified atom stereocenters. The van der Waals surface area contributed by atoms with Gasteiger partial charge in [0.1, 0.15) is 18.1 Å². The van der Waals surface area contributed by atoms with Crippen LogP contribution in [0.3, 0.4) is 0 Å². The van der Waals surface area contributed by atoms with Crippen LogP contribution < -0.4 is 10.5 Å². The predicted octanol–water partition coefficient (Wildman–Crippen LogP) is 3.03. The van der Waals surface area contributed by atoms with Gasteiger partial charge >= 0.3 is 0 Å². The summed E-state index contributed by atoms with van der Waals surface area (Å²) in [5, 5.41) is 10.7. The fourth-order valence-electron chi connectivity index (χ4n) is 1.63. The molecule has 0 saturated heterocycles. The molecular formula is C13H10F2N2O3. The van der Waals surface area contributed by atoms with Crippen molar-refractivity contribution in [2.45, 2.75) is 6.61 Å². The number of hydrogen-bond acceptors (Lipinski definition) is 4. The van der Waals surface area contributed by atoms with Gasteiger partial charge in [0.2, 0.25) is 0 Å². The third-order valence-electron chi connectivity index (χ3n) is 2.65.